The molecule has 0 spiro atoms. The standard InChI is InChI=1S/C8H14N4O/c9-3-1-2-7-10-11-8-6-13-5-4-12(7)8/h1-6,9H2. The van der Waals surface area contributed by atoms with Gasteiger partial charge in [-0.15, -0.1) is 10.2 Å². The van der Waals surface area contributed by atoms with Gasteiger partial charge in [-0.1, -0.05) is 0 Å². The fraction of sp³-hybridized carbons (Fsp3) is 0.750. The summed E-state index contributed by atoms with van der Waals surface area (Å²) in [6.07, 6.45) is 1.89. The lowest BCUT2D eigenvalue weighted by Gasteiger charge is -2.15. The average molecular weight is 182 g/mol. The van der Waals surface area contributed by atoms with Crippen LogP contribution >= 0.6 is 0 Å². The molecule has 1 aliphatic heterocycles. The summed E-state index contributed by atoms with van der Waals surface area (Å²) in [5.74, 6) is 1.99. The molecule has 5 nitrogen and oxygen atoms in total. The van der Waals surface area contributed by atoms with E-state index in [9.17, 15) is 0 Å². The molecule has 13 heavy (non-hydrogen) atoms. The Kier molecular flexibility index (Phi) is 2.56. The lowest BCUT2D eigenvalue weighted by Crippen LogP contribution is -2.19. The highest BCUT2D eigenvalue weighted by atomic mass is 16.5. The van der Waals surface area contributed by atoms with Crippen molar-refractivity contribution in [3.63, 3.8) is 0 Å². The van der Waals surface area contributed by atoms with Gasteiger partial charge in [0.1, 0.15) is 12.4 Å². The first kappa shape index (κ1) is 8.65. The van der Waals surface area contributed by atoms with E-state index in [2.05, 4.69) is 14.8 Å². The van der Waals surface area contributed by atoms with Gasteiger partial charge >= 0.3 is 0 Å². The van der Waals surface area contributed by atoms with E-state index in [4.69, 9.17) is 10.5 Å². The van der Waals surface area contributed by atoms with Gasteiger partial charge in [0.25, 0.3) is 0 Å². The molecule has 5 heteroatoms. The second kappa shape index (κ2) is 3.85. The first-order valence-corrected chi connectivity index (χ1v) is 4.60. The van der Waals surface area contributed by atoms with Crippen LogP contribution in [0.2, 0.25) is 0 Å². The Morgan fingerprint density at radius 2 is 2.38 bits per heavy atom. The second-order valence-electron chi connectivity index (χ2n) is 3.13. The van der Waals surface area contributed by atoms with Crippen LogP contribution in [0.3, 0.4) is 0 Å². The molecule has 0 saturated heterocycles. The van der Waals surface area contributed by atoms with E-state index >= 15 is 0 Å². The quantitative estimate of drug-likeness (QED) is 0.697. The van der Waals surface area contributed by atoms with Crippen LogP contribution in [0.5, 0.6) is 0 Å². The van der Waals surface area contributed by atoms with Crippen molar-refractivity contribution >= 4 is 0 Å². The number of ether oxygens (including phenoxy) is 1. The van der Waals surface area contributed by atoms with E-state index in [0.29, 0.717) is 13.2 Å². The first-order valence-electron chi connectivity index (χ1n) is 4.60. The third-order valence-electron chi connectivity index (χ3n) is 2.20. The largest absolute Gasteiger partial charge is 0.372 e. The Labute approximate surface area is 76.9 Å². The molecule has 1 aromatic rings. The Bertz CT molecular complexity index is 284. The summed E-state index contributed by atoms with van der Waals surface area (Å²) in [4.78, 5) is 0. The van der Waals surface area contributed by atoms with Crippen LogP contribution in [0.4, 0.5) is 0 Å². The fourth-order valence-corrected chi connectivity index (χ4v) is 1.50. The van der Waals surface area contributed by atoms with Crippen molar-refractivity contribution in [3.8, 4) is 0 Å². The zero-order valence-corrected chi connectivity index (χ0v) is 7.57. The van der Waals surface area contributed by atoms with Gasteiger partial charge in [0.2, 0.25) is 0 Å². The molecule has 2 rings (SSSR count). The van der Waals surface area contributed by atoms with Crippen LogP contribution in [-0.4, -0.2) is 27.9 Å². The minimum atomic E-state index is 0.593. The lowest BCUT2D eigenvalue weighted by atomic mass is 10.3. The van der Waals surface area contributed by atoms with E-state index in [0.717, 1.165) is 37.6 Å². The van der Waals surface area contributed by atoms with Crippen molar-refractivity contribution in [1.82, 2.24) is 14.8 Å². The minimum absolute atomic E-state index is 0.593. The molecule has 0 amide bonds. The second-order valence-corrected chi connectivity index (χ2v) is 3.13. The molecule has 1 aliphatic rings. The van der Waals surface area contributed by atoms with Gasteiger partial charge in [0, 0.05) is 13.0 Å². The number of fused-ring (bicyclic) bond motifs is 1. The molecule has 2 N–H and O–H groups in total. The predicted molar refractivity (Wildman–Crippen MR) is 47.1 cm³/mol. The van der Waals surface area contributed by atoms with Crippen LogP contribution in [0.1, 0.15) is 18.1 Å². The van der Waals surface area contributed by atoms with Crippen molar-refractivity contribution in [3.05, 3.63) is 11.6 Å². The predicted octanol–water partition coefficient (Wildman–Crippen LogP) is -0.300. The van der Waals surface area contributed by atoms with Crippen molar-refractivity contribution in [2.24, 2.45) is 5.73 Å². The number of nitrogens with zero attached hydrogens (tertiary/aromatic N) is 3. The molecule has 0 aromatic carbocycles. The summed E-state index contributed by atoms with van der Waals surface area (Å²) in [6.45, 7) is 2.94. The van der Waals surface area contributed by atoms with Crippen molar-refractivity contribution < 1.29 is 4.74 Å². The maximum atomic E-state index is 5.44. The smallest absolute Gasteiger partial charge is 0.159 e. The van der Waals surface area contributed by atoms with Crippen molar-refractivity contribution in [2.75, 3.05) is 13.2 Å². The Morgan fingerprint density at radius 3 is 3.23 bits per heavy atom. The van der Waals surface area contributed by atoms with Gasteiger partial charge in [0.15, 0.2) is 5.82 Å². The van der Waals surface area contributed by atoms with Crippen LogP contribution in [-0.2, 0) is 24.3 Å². The molecule has 72 valence electrons. The number of aryl methyl sites for hydroxylation is 1. The summed E-state index contributed by atoms with van der Waals surface area (Å²) in [6, 6.07) is 0. The van der Waals surface area contributed by atoms with Crippen LogP contribution in [0, 0.1) is 0 Å². The number of hydrogen-bond donors (Lipinski definition) is 1. The van der Waals surface area contributed by atoms with Gasteiger partial charge in [-0.05, 0) is 13.0 Å². The Hall–Kier alpha value is -0.940. The third-order valence-corrected chi connectivity index (χ3v) is 2.20. The van der Waals surface area contributed by atoms with E-state index in [1.165, 1.54) is 0 Å². The number of nitrogens with two attached hydrogens (primary N) is 1. The number of hydrogen-bond acceptors (Lipinski definition) is 4. The normalized spacial score (nSPS) is 15.8. The van der Waals surface area contributed by atoms with E-state index < -0.39 is 0 Å². The molecule has 1 aromatic heterocycles. The zero-order chi connectivity index (χ0) is 9.10. The summed E-state index contributed by atoms with van der Waals surface area (Å²) in [7, 11) is 0. The molecule has 2 heterocycles. The maximum Gasteiger partial charge on any atom is 0.159 e. The molecule has 0 saturated carbocycles. The van der Waals surface area contributed by atoms with Crippen LogP contribution in [0.25, 0.3) is 0 Å². The van der Waals surface area contributed by atoms with Crippen molar-refractivity contribution in [2.45, 2.75) is 26.0 Å². The van der Waals surface area contributed by atoms with Gasteiger partial charge in [0.05, 0.1) is 6.61 Å². The summed E-state index contributed by atoms with van der Waals surface area (Å²) in [5, 5.41) is 8.17. The van der Waals surface area contributed by atoms with Gasteiger partial charge < -0.3 is 15.0 Å². The van der Waals surface area contributed by atoms with Crippen molar-refractivity contribution in [1.29, 1.82) is 0 Å². The Morgan fingerprint density at radius 1 is 1.46 bits per heavy atom. The highest BCUT2D eigenvalue weighted by molar-refractivity contribution is 4.96. The molecule has 0 unspecified atom stereocenters. The van der Waals surface area contributed by atoms with Crippen LogP contribution in [0.15, 0.2) is 0 Å². The molecular weight excluding hydrogens is 168 g/mol. The average Bonchev–Trinajstić information content (AvgIpc) is 2.58. The van der Waals surface area contributed by atoms with E-state index in [-0.39, 0.29) is 0 Å². The molecule has 0 bridgehead atoms. The highest BCUT2D eigenvalue weighted by Gasteiger charge is 2.14. The summed E-state index contributed by atoms with van der Waals surface area (Å²) in [5.41, 5.74) is 5.44. The first-order chi connectivity index (χ1) is 6.42. The highest BCUT2D eigenvalue weighted by Crippen LogP contribution is 2.09. The zero-order valence-electron chi connectivity index (χ0n) is 7.57. The van der Waals surface area contributed by atoms with E-state index in [1.54, 1.807) is 0 Å². The van der Waals surface area contributed by atoms with E-state index in [1.807, 2.05) is 0 Å². The molecule has 0 aliphatic carbocycles. The molecular formula is C8H14N4O. The topological polar surface area (TPSA) is 66.0 Å². The van der Waals surface area contributed by atoms with Gasteiger partial charge in [-0.3, -0.25) is 0 Å². The van der Waals surface area contributed by atoms with Crippen LogP contribution < -0.4 is 5.73 Å². The minimum Gasteiger partial charge on any atom is -0.372 e. The molecule has 0 fully saturated rings. The number of rotatable bonds is 3. The van der Waals surface area contributed by atoms with Gasteiger partial charge in [-0.2, -0.15) is 0 Å². The Balaban J connectivity index is 2.12. The summed E-state index contributed by atoms with van der Waals surface area (Å²) < 4.78 is 7.40. The third kappa shape index (κ3) is 1.71. The molecule has 0 radical (unpaired) electrons. The fourth-order valence-electron chi connectivity index (χ4n) is 1.50. The lowest BCUT2D eigenvalue weighted by molar-refractivity contribution is 0.0806. The SMILES string of the molecule is NCCCc1nnc2n1CCOC2. The summed E-state index contributed by atoms with van der Waals surface area (Å²) >= 11 is 0. The monoisotopic (exact) mass is 182 g/mol. The maximum absolute atomic E-state index is 5.44. The molecule has 0 atom stereocenters. The number of aromatic nitrogens is 3. The van der Waals surface area contributed by atoms with Gasteiger partial charge in [-0.25, -0.2) is 0 Å².